The van der Waals surface area contributed by atoms with Gasteiger partial charge in [0, 0.05) is 10.0 Å². The summed E-state index contributed by atoms with van der Waals surface area (Å²) in [5, 5.41) is 10.9. The standard InChI is InChI=1S/C16H12BrClFN5S/c17-11-5-6-14(12(18)7-11)21-16(25)22-15-20-9-24(23-15)8-10-3-1-2-4-13(10)19/h1-7,9H,8H2,(H2,21,22,23,25). The van der Waals surface area contributed by atoms with Gasteiger partial charge < -0.3 is 5.32 Å². The fourth-order valence-electron chi connectivity index (χ4n) is 2.08. The second kappa shape index (κ2) is 7.90. The molecule has 3 aromatic rings. The molecular formula is C16H12BrClFN5S. The van der Waals surface area contributed by atoms with Gasteiger partial charge in [0.2, 0.25) is 5.95 Å². The average molecular weight is 441 g/mol. The largest absolute Gasteiger partial charge is 0.331 e. The molecule has 25 heavy (non-hydrogen) atoms. The fraction of sp³-hybridized carbons (Fsp3) is 0.0625. The number of thiocarbonyl (C=S) groups is 1. The number of hydrogen-bond donors (Lipinski definition) is 2. The zero-order valence-corrected chi connectivity index (χ0v) is 15.9. The number of anilines is 2. The van der Waals surface area contributed by atoms with Crippen LogP contribution in [0.3, 0.4) is 0 Å². The first kappa shape index (κ1) is 17.8. The van der Waals surface area contributed by atoms with E-state index in [0.29, 0.717) is 27.3 Å². The Morgan fingerprint density at radius 2 is 2.04 bits per heavy atom. The summed E-state index contributed by atoms with van der Waals surface area (Å²) in [5.41, 5.74) is 1.19. The van der Waals surface area contributed by atoms with E-state index < -0.39 is 0 Å². The van der Waals surface area contributed by atoms with Crippen LogP contribution in [0.2, 0.25) is 5.02 Å². The lowest BCUT2D eigenvalue weighted by Crippen LogP contribution is -2.20. The molecule has 2 N–H and O–H groups in total. The first-order valence-corrected chi connectivity index (χ1v) is 8.75. The molecule has 0 aliphatic carbocycles. The Morgan fingerprint density at radius 3 is 2.80 bits per heavy atom. The molecule has 0 spiro atoms. The van der Waals surface area contributed by atoms with Gasteiger partial charge in [0.25, 0.3) is 0 Å². The predicted octanol–water partition coefficient (Wildman–Crippen LogP) is 4.69. The molecule has 3 rings (SSSR count). The molecule has 2 aromatic carbocycles. The zero-order valence-electron chi connectivity index (χ0n) is 12.7. The lowest BCUT2D eigenvalue weighted by molar-refractivity contribution is 0.585. The van der Waals surface area contributed by atoms with Crippen molar-refractivity contribution in [2.24, 2.45) is 0 Å². The quantitative estimate of drug-likeness (QED) is 0.577. The molecule has 0 amide bonds. The average Bonchev–Trinajstić information content (AvgIpc) is 2.99. The number of aromatic nitrogens is 3. The monoisotopic (exact) mass is 439 g/mol. The maximum absolute atomic E-state index is 13.7. The first-order chi connectivity index (χ1) is 12.0. The van der Waals surface area contributed by atoms with Crippen molar-refractivity contribution in [3.8, 4) is 0 Å². The second-order valence-electron chi connectivity index (χ2n) is 5.06. The van der Waals surface area contributed by atoms with Crippen LogP contribution in [0.4, 0.5) is 16.0 Å². The molecule has 5 nitrogen and oxygen atoms in total. The Labute approximate surface area is 162 Å². The summed E-state index contributed by atoms with van der Waals surface area (Å²) in [7, 11) is 0. The second-order valence-corrected chi connectivity index (χ2v) is 6.79. The summed E-state index contributed by atoms with van der Waals surface area (Å²) in [6, 6.07) is 11.9. The van der Waals surface area contributed by atoms with Gasteiger partial charge in [-0.25, -0.2) is 14.1 Å². The number of hydrogen-bond acceptors (Lipinski definition) is 3. The topological polar surface area (TPSA) is 54.8 Å². The van der Waals surface area contributed by atoms with Crippen LogP contribution in [0.25, 0.3) is 0 Å². The van der Waals surface area contributed by atoms with Gasteiger partial charge in [-0.1, -0.05) is 45.7 Å². The van der Waals surface area contributed by atoms with Crippen LogP contribution in [0.5, 0.6) is 0 Å². The Bertz CT molecular complexity index is 917. The highest BCUT2D eigenvalue weighted by molar-refractivity contribution is 9.10. The minimum Gasteiger partial charge on any atom is -0.331 e. The third kappa shape index (κ3) is 4.75. The number of rotatable bonds is 4. The van der Waals surface area contributed by atoms with E-state index in [2.05, 4.69) is 36.6 Å². The van der Waals surface area contributed by atoms with Crippen LogP contribution in [0.1, 0.15) is 5.56 Å². The van der Waals surface area contributed by atoms with Crippen molar-refractivity contribution in [3.05, 3.63) is 69.7 Å². The molecule has 1 aromatic heterocycles. The predicted molar refractivity (Wildman–Crippen MR) is 105 cm³/mol. The summed E-state index contributed by atoms with van der Waals surface area (Å²) in [4.78, 5) is 4.11. The summed E-state index contributed by atoms with van der Waals surface area (Å²) in [5.74, 6) is 0.0247. The Hall–Kier alpha value is -2.03. The molecule has 0 saturated heterocycles. The van der Waals surface area contributed by atoms with Gasteiger partial charge in [0.05, 0.1) is 17.3 Å². The number of nitrogens with one attached hydrogen (secondary N) is 2. The van der Waals surface area contributed by atoms with Gasteiger partial charge in [-0.05, 0) is 36.5 Å². The Kier molecular flexibility index (Phi) is 5.62. The molecule has 1 heterocycles. The first-order valence-electron chi connectivity index (χ1n) is 7.17. The van der Waals surface area contributed by atoms with Gasteiger partial charge >= 0.3 is 0 Å². The molecule has 0 unspecified atom stereocenters. The third-order valence-corrected chi connectivity index (χ3v) is 4.24. The fourth-order valence-corrected chi connectivity index (χ4v) is 3.00. The smallest absolute Gasteiger partial charge is 0.248 e. The van der Waals surface area contributed by atoms with E-state index in [9.17, 15) is 4.39 Å². The molecule has 0 aliphatic heterocycles. The molecule has 0 fully saturated rings. The lowest BCUT2D eigenvalue weighted by atomic mass is 10.2. The normalized spacial score (nSPS) is 10.5. The molecule has 0 bridgehead atoms. The minimum absolute atomic E-state index is 0.278. The number of benzene rings is 2. The van der Waals surface area contributed by atoms with Gasteiger partial charge in [0.1, 0.15) is 12.1 Å². The Morgan fingerprint density at radius 1 is 1.24 bits per heavy atom. The van der Waals surface area contributed by atoms with Crippen LogP contribution in [0, 0.1) is 5.82 Å². The molecular weight excluding hydrogens is 429 g/mol. The summed E-state index contributed by atoms with van der Waals surface area (Å²) >= 11 is 14.7. The number of halogens is 3. The maximum Gasteiger partial charge on any atom is 0.248 e. The van der Waals surface area contributed by atoms with E-state index in [0.717, 1.165) is 4.47 Å². The highest BCUT2D eigenvalue weighted by Gasteiger charge is 2.08. The van der Waals surface area contributed by atoms with E-state index >= 15 is 0 Å². The van der Waals surface area contributed by atoms with E-state index in [1.54, 1.807) is 30.3 Å². The van der Waals surface area contributed by atoms with E-state index in [-0.39, 0.29) is 12.4 Å². The van der Waals surface area contributed by atoms with Crippen LogP contribution in [-0.4, -0.2) is 19.9 Å². The van der Waals surface area contributed by atoms with Crippen LogP contribution in [-0.2, 0) is 6.54 Å². The minimum atomic E-state index is -0.283. The SMILES string of the molecule is Fc1ccccc1Cn1cnc(NC(=S)Nc2ccc(Br)cc2Cl)n1. The molecule has 0 saturated carbocycles. The van der Waals surface area contributed by atoms with Crippen molar-refractivity contribution in [1.29, 1.82) is 0 Å². The summed E-state index contributed by atoms with van der Waals surface area (Å²) < 4.78 is 16.1. The molecule has 0 radical (unpaired) electrons. The van der Waals surface area contributed by atoms with Crippen LogP contribution < -0.4 is 10.6 Å². The lowest BCUT2D eigenvalue weighted by Gasteiger charge is -2.09. The van der Waals surface area contributed by atoms with E-state index in [1.165, 1.54) is 17.1 Å². The molecule has 0 aliphatic rings. The number of nitrogens with zero attached hydrogens (tertiary/aromatic N) is 3. The van der Waals surface area contributed by atoms with E-state index in [1.807, 2.05) is 6.07 Å². The third-order valence-electron chi connectivity index (χ3n) is 3.23. The zero-order chi connectivity index (χ0) is 17.8. The van der Waals surface area contributed by atoms with Gasteiger partial charge in [-0.3, -0.25) is 5.32 Å². The van der Waals surface area contributed by atoms with Crippen LogP contribution >= 0.6 is 39.7 Å². The van der Waals surface area contributed by atoms with Gasteiger partial charge in [0.15, 0.2) is 5.11 Å². The van der Waals surface area contributed by atoms with E-state index in [4.69, 9.17) is 23.8 Å². The maximum atomic E-state index is 13.7. The highest BCUT2D eigenvalue weighted by atomic mass is 79.9. The van der Waals surface area contributed by atoms with Crippen molar-refractivity contribution >= 4 is 56.5 Å². The van der Waals surface area contributed by atoms with Crippen molar-refractivity contribution in [1.82, 2.24) is 14.8 Å². The van der Waals surface area contributed by atoms with Gasteiger partial charge in [-0.2, -0.15) is 0 Å². The van der Waals surface area contributed by atoms with Crippen molar-refractivity contribution in [3.63, 3.8) is 0 Å². The van der Waals surface area contributed by atoms with Crippen molar-refractivity contribution in [2.45, 2.75) is 6.54 Å². The summed E-state index contributed by atoms with van der Waals surface area (Å²) in [6.45, 7) is 0.278. The van der Waals surface area contributed by atoms with Crippen LogP contribution in [0.15, 0.2) is 53.3 Å². The molecule has 9 heteroatoms. The molecule has 128 valence electrons. The van der Waals surface area contributed by atoms with Crippen molar-refractivity contribution in [2.75, 3.05) is 10.6 Å². The summed E-state index contributed by atoms with van der Waals surface area (Å²) in [6.07, 6.45) is 1.50. The Balaban J connectivity index is 1.63. The van der Waals surface area contributed by atoms with Crippen molar-refractivity contribution < 1.29 is 4.39 Å². The van der Waals surface area contributed by atoms with Gasteiger partial charge in [-0.15, -0.1) is 5.10 Å². The highest BCUT2D eigenvalue weighted by Crippen LogP contribution is 2.25. The molecule has 0 atom stereocenters.